The molecule has 1 aliphatic carbocycles. The molecule has 3 aromatic heterocycles. The van der Waals surface area contributed by atoms with E-state index in [-0.39, 0.29) is 17.6 Å². The first-order valence-corrected chi connectivity index (χ1v) is 13.3. The Morgan fingerprint density at radius 3 is 2.53 bits per heavy atom. The van der Waals surface area contributed by atoms with Gasteiger partial charge in [0.25, 0.3) is 5.91 Å². The van der Waals surface area contributed by atoms with Gasteiger partial charge in [-0.3, -0.25) is 23.9 Å². The quantitative estimate of drug-likeness (QED) is 0.320. The number of hydrogen-bond donors (Lipinski definition) is 1. The predicted molar refractivity (Wildman–Crippen MR) is 150 cm³/mol. The van der Waals surface area contributed by atoms with Gasteiger partial charge in [0.05, 0.1) is 44.7 Å². The predicted octanol–water partition coefficient (Wildman–Crippen LogP) is 5.69. The van der Waals surface area contributed by atoms with E-state index >= 15 is 0 Å². The van der Waals surface area contributed by atoms with Crippen LogP contribution in [0.4, 0.5) is 0 Å². The first kappa shape index (κ1) is 24.4. The fraction of sp³-hybridized carbons (Fsp3) is 0.267. The van der Waals surface area contributed by atoms with E-state index in [1.807, 2.05) is 66.1 Å². The fourth-order valence-electron chi connectivity index (χ4n) is 5.56. The zero-order valence-corrected chi connectivity index (χ0v) is 21.9. The first-order valence-electron chi connectivity index (χ1n) is 13.0. The number of hydrogen-bond acceptors (Lipinski definition) is 4. The second-order valence-corrected chi connectivity index (χ2v) is 10.5. The molecule has 1 saturated carbocycles. The smallest absolute Gasteiger partial charge is 0.333 e. The summed E-state index contributed by atoms with van der Waals surface area (Å²) in [5, 5.41) is 4.60. The van der Waals surface area contributed by atoms with E-state index in [1.54, 1.807) is 23.0 Å². The number of nitrogens with zero attached hydrogens (tertiary/aromatic N) is 4. The molecule has 2 aromatic carbocycles. The molecule has 192 valence electrons. The number of para-hydroxylation sites is 3. The second-order valence-electron chi connectivity index (χ2n) is 10.1. The molecule has 0 aliphatic heterocycles. The minimum Gasteiger partial charge on any atom is -0.349 e. The summed E-state index contributed by atoms with van der Waals surface area (Å²) in [6.07, 6.45) is 6.92. The van der Waals surface area contributed by atoms with Crippen molar-refractivity contribution in [1.82, 2.24) is 24.4 Å². The Bertz CT molecular complexity index is 1720. The molecule has 0 unspecified atom stereocenters. The maximum absolute atomic E-state index is 13.7. The van der Waals surface area contributed by atoms with Gasteiger partial charge in [-0.15, -0.1) is 0 Å². The average Bonchev–Trinajstić information content (AvgIpc) is 3.21. The number of aromatic nitrogens is 4. The summed E-state index contributed by atoms with van der Waals surface area (Å²) < 4.78 is 3.66. The number of nitrogens with one attached hydrogen (secondary N) is 1. The molecular weight excluding hydrogens is 498 g/mol. The summed E-state index contributed by atoms with van der Waals surface area (Å²) in [6, 6.07) is 19.6. The summed E-state index contributed by atoms with van der Waals surface area (Å²) in [7, 11) is 0. The standard InChI is InChI=1S/C30H28ClN5O2/c1-19-25(15-22(31)16-32-19)29(37)34-23-12-10-20(11-13-23)18-35-27-8-4-5-9-28(27)36(30(35)38)24-14-21-6-2-3-7-26(21)33-17-24/h2-9,14-17,20,23H,10-13,18H2,1H3,(H,34,37). The normalized spacial score (nSPS) is 17.6. The molecular formula is C30H28ClN5O2. The highest BCUT2D eigenvalue weighted by molar-refractivity contribution is 6.30. The molecule has 0 radical (unpaired) electrons. The van der Waals surface area contributed by atoms with Crippen LogP contribution in [0.1, 0.15) is 41.7 Å². The van der Waals surface area contributed by atoms with Crippen molar-refractivity contribution in [2.24, 2.45) is 5.92 Å². The molecule has 7 nitrogen and oxygen atoms in total. The topological polar surface area (TPSA) is 81.8 Å². The highest BCUT2D eigenvalue weighted by Gasteiger charge is 2.25. The Balaban J connectivity index is 1.21. The highest BCUT2D eigenvalue weighted by atomic mass is 35.5. The number of aryl methyl sites for hydroxylation is 1. The number of carbonyl (C=O) groups excluding carboxylic acids is 1. The summed E-state index contributed by atoms with van der Waals surface area (Å²) in [5.74, 6) is 0.216. The van der Waals surface area contributed by atoms with Gasteiger partial charge in [0.1, 0.15) is 0 Å². The molecule has 1 fully saturated rings. The van der Waals surface area contributed by atoms with Crippen molar-refractivity contribution >= 4 is 39.4 Å². The van der Waals surface area contributed by atoms with E-state index < -0.39 is 0 Å². The van der Waals surface area contributed by atoms with Gasteiger partial charge in [0, 0.05) is 24.2 Å². The van der Waals surface area contributed by atoms with Gasteiger partial charge in [0.15, 0.2) is 0 Å². The number of pyridine rings is 2. The van der Waals surface area contributed by atoms with E-state index in [4.69, 9.17) is 11.6 Å². The first-order chi connectivity index (χ1) is 18.5. The van der Waals surface area contributed by atoms with Gasteiger partial charge >= 0.3 is 5.69 Å². The molecule has 1 N–H and O–H groups in total. The lowest BCUT2D eigenvalue weighted by atomic mass is 9.85. The Labute approximate surface area is 225 Å². The number of halogens is 1. The van der Waals surface area contributed by atoms with Gasteiger partial charge in [-0.25, -0.2) is 4.79 Å². The number of imidazole rings is 1. The molecule has 0 bridgehead atoms. The van der Waals surface area contributed by atoms with Crippen molar-refractivity contribution in [1.29, 1.82) is 0 Å². The SMILES string of the molecule is Cc1ncc(Cl)cc1C(=O)NC1CCC(Cn2c(=O)n(-c3cnc4ccccc4c3)c3ccccc32)CC1. The Hall–Kier alpha value is -3.97. The van der Waals surface area contributed by atoms with Crippen LogP contribution in [0.25, 0.3) is 27.6 Å². The minimum absolute atomic E-state index is 0.0531. The van der Waals surface area contributed by atoms with Crippen LogP contribution in [-0.4, -0.2) is 31.1 Å². The Morgan fingerprint density at radius 2 is 1.71 bits per heavy atom. The Kier molecular flexibility index (Phi) is 6.45. The van der Waals surface area contributed by atoms with Gasteiger partial charge in [0.2, 0.25) is 0 Å². The van der Waals surface area contributed by atoms with Crippen LogP contribution < -0.4 is 11.0 Å². The molecule has 0 spiro atoms. The lowest BCUT2D eigenvalue weighted by molar-refractivity contribution is 0.0919. The van der Waals surface area contributed by atoms with Gasteiger partial charge in [-0.05, 0) is 68.9 Å². The maximum atomic E-state index is 13.7. The number of benzene rings is 2. The fourth-order valence-corrected chi connectivity index (χ4v) is 5.72. The van der Waals surface area contributed by atoms with Crippen LogP contribution in [-0.2, 0) is 6.54 Å². The lowest BCUT2D eigenvalue weighted by Gasteiger charge is -2.29. The van der Waals surface area contributed by atoms with Crippen molar-refractivity contribution in [2.75, 3.05) is 0 Å². The zero-order valence-electron chi connectivity index (χ0n) is 21.1. The van der Waals surface area contributed by atoms with Crippen LogP contribution in [0.15, 0.2) is 77.9 Å². The summed E-state index contributed by atoms with van der Waals surface area (Å²) in [5.41, 5.74) is 4.59. The molecule has 0 saturated heterocycles. The van der Waals surface area contributed by atoms with Crippen LogP contribution >= 0.6 is 11.6 Å². The van der Waals surface area contributed by atoms with E-state index in [0.717, 1.165) is 53.3 Å². The summed E-state index contributed by atoms with van der Waals surface area (Å²) in [6.45, 7) is 2.45. The number of amides is 1. The highest BCUT2D eigenvalue weighted by Crippen LogP contribution is 2.28. The summed E-state index contributed by atoms with van der Waals surface area (Å²) in [4.78, 5) is 35.3. The number of fused-ring (bicyclic) bond motifs is 2. The van der Waals surface area contributed by atoms with E-state index in [9.17, 15) is 9.59 Å². The van der Waals surface area contributed by atoms with E-state index in [1.165, 1.54) is 0 Å². The van der Waals surface area contributed by atoms with Crippen molar-refractivity contribution in [3.05, 3.63) is 99.8 Å². The van der Waals surface area contributed by atoms with Crippen molar-refractivity contribution in [3.63, 3.8) is 0 Å². The van der Waals surface area contributed by atoms with Crippen LogP contribution in [0, 0.1) is 12.8 Å². The van der Waals surface area contributed by atoms with Gasteiger partial charge in [-0.2, -0.15) is 0 Å². The van der Waals surface area contributed by atoms with E-state index in [0.29, 0.717) is 28.7 Å². The lowest BCUT2D eigenvalue weighted by Crippen LogP contribution is -2.39. The van der Waals surface area contributed by atoms with Crippen LogP contribution in [0.3, 0.4) is 0 Å². The third-order valence-corrected chi connectivity index (χ3v) is 7.80. The zero-order chi connectivity index (χ0) is 26.2. The van der Waals surface area contributed by atoms with Gasteiger partial charge < -0.3 is 5.32 Å². The third kappa shape index (κ3) is 4.58. The number of carbonyl (C=O) groups is 1. The largest absolute Gasteiger partial charge is 0.349 e. The molecule has 0 atom stereocenters. The average molecular weight is 526 g/mol. The summed E-state index contributed by atoms with van der Waals surface area (Å²) >= 11 is 6.04. The molecule has 5 aromatic rings. The van der Waals surface area contributed by atoms with E-state index in [2.05, 4.69) is 15.3 Å². The van der Waals surface area contributed by atoms with Crippen molar-refractivity contribution in [2.45, 2.75) is 45.2 Å². The molecule has 3 heterocycles. The van der Waals surface area contributed by atoms with Crippen LogP contribution in [0.5, 0.6) is 0 Å². The molecule has 8 heteroatoms. The monoisotopic (exact) mass is 525 g/mol. The van der Waals surface area contributed by atoms with Gasteiger partial charge in [-0.1, -0.05) is 41.9 Å². The minimum atomic E-state index is -0.135. The van der Waals surface area contributed by atoms with Crippen LogP contribution in [0.2, 0.25) is 5.02 Å². The third-order valence-electron chi connectivity index (χ3n) is 7.59. The second kappa shape index (κ2) is 10.1. The van der Waals surface area contributed by atoms with Crippen molar-refractivity contribution in [3.8, 4) is 5.69 Å². The Morgan fingerprint density at radius 1 is 0.974 bits per heavy atom. The maximum Gasteiger partial charge on any atom is 0.333 e. The molecule has 1 amide bonds. The van der Waals surface area contributed by atoms with Crippen molar-refractivity contribution < 1.29 is 4.79 Å². The molecule has 1 aliphatic rings. The molecule has 6 rings (SSSR count). The number of rotatable bonds is 5. The molecule has 38 heavy (non-hydrogen) atoms.